The predicted octanol–water partition coefficient (Wildman–Crippen LogP) is 2.98. The van der Waals surface area contributed by atoms with Crippen molar-refractivity contribution >= 4 is 22.0 Å². The van der Waals surface area contributed by atoms with E-state index in [-0.39, 0.29) is 12.4 Å². The van der Waals surface area contributed by atoms with E-state index in [2.05, 4.69) is 15.9 Å². The fraction of sp³-hybridized carbons (Fsp3) is 0.200. The Hall–Kier alpha value is -0.670. The molecule has 0 aliphatic carbocycles. The summed E-state index contributed by atoms with van der Waals surface area (Å²) < 4.78 is 13.2. The van der Waals surface area contributed by atoms with E-state index in [1.807, 2.05) is 12.2 Å². The van der Waals surface area contributed by atoms with Crippen LogP contribution in [0.1, 0.15) is 12.0 Å². The van der Waals surface area contributed by atoms with Crippen molar-refractivity contribution < 1.29 is 9.50 Å². The second kappa shape index (κ2) is 5.14. The van der Waals surface area contributed by atoms with E-state index in [1.54, 1.807) is 12.1 Å². The normalized spacial score (nSPS) is 11.0. The first kappa shape index (κ1) is 10.4. The molecule has 0 bridgehead atoms. The van der Waals surface area contributed by atoms with Crippen molar-refractivity contribution in [1.82, 2.24) is 0 Å². The zero-order chi connectivity index (χ0) is 9.68. The standard InChI is InChI=1S/C10H10BrFO/c11-9-7-8(3-1-2-6-13)4-5-10(9)12/h1,3-5,7,13H,2,6H2. The summed E-state index contributed by atoms with van der Waals surface area (Å²) in [5.74, 6) is -0.265. The van der Waals surface area contributed by atoms with Gasteiger partial charge in [-0.1, -0.05) is 18.2 Å². The van der Waals surface area contributed by atoms with E-state index in [9.17, 15) is 4.39 Å². The molecule has 70 valence electrons. The third-order valence-corrected chi connectivity index (χ3v) is 2.16. The number of aliphatic hydroxyl groups is 1. The molecular formula is C10H10BrFO. The van der Waals surface area contributed by atoms with Crippen LogP contribution in [0.25, 0.3) is 6.08 Å². The lowest BCUT2D eigenvalue weighted by atomic mass is 10.2. The average Bonchev–Trinajstić information content (AvgIpc) is 2.12. The topological polar surface area (TPSA) is 20.2 Å². The van der Waals surface area contributed by atoms with Crippen LogP contribution in [-0.2, 0) is 0 Å². The van der Waals surface area contributed by atoms with Crippen LogP contribution < -0.4 is 0 Å². The number of halogens is 2. The third kappa shape index (κ3) is 3.28. The second-order valence-electron chi connectivity index (χ2n) is 2.59. The lowest BCUT2D eigenvalue weighted by molar-refractivity contribution is 0.303. The minimum atomic E-state index is -0.265. The molecule has 0 aliphatic rings. The average molecular weight is 245 g/mol. The minimum absolute atomic E-state index is 0.138. The summed E-state index contributed by atoms with van der Waals surface area (Å²) in [5, 5.41) is 8.52. The van der Waals surface area contributed by atoms with Crippen molar-refractivity contribution in [3.8, 4) is 0 Å². The summed E-state index contributed by atoms with van der Waals surface area (Å²) in [6.07, 6.45) is 4.31. The lowest BCUT2D eigenvalue weighted by Gasteiger charge is -1.96. The van der Waals surface area contributed by atoms with Gasteiger partial charge in [0.15, 0.2) is 0 Å². The molecule has 0 unspecified atom stereocenters. The van der Waals surface area contributed by atoms with E-state index in [0.29, 0.717) is 10.9 Å². The summed E-state index contributed by atoms with van der Waals surface area (Å²) in [6.45, 7) is 0.138. The molecule has 0 aliphatic heterocycles. The molecular weight excluding hydrogens is 235 g/mol. The summed E-state index contributed by atoms with van der Waals surface area (Å²) >= 11 is 3.10. The number of hydrogen-bond donors (Lipinski definition) is 1. The molecule has 0 fully saturated rings. The summed E-state index contributed by atoms with van der Waals surface area (Å²) in [4.78, 5) is 0. The molecule has 0 atom stereocenters. The highest BCUT2D eigenvalue weighted by Crippen LogP contribution is 2.17. The maximum atomic E-state index is 12.8. The first-order valence-electron chi connectivity index (χ1n) is 3.96. The SMILES string of the molecule is OCCC=Cc1ccc(F)c(Br)c1. The molecule has 1 rings (SSSR count). The molecule has 1 N–H and O–H groups in total. The summed E-state index contributed by atoms with van der Waals surface area (Å²) in [5.41, 5.74) is 0.918. The molecule has 0 saturated heterocycles. The van der Waals surface area contributed by atoms with Crippen LogP contribution in [0.15, 0.2) is 28.7 Å². The van der Waals surface area contributed by atoms with Gasteiger partial charge in [-0.15, -0.1) is 0 Å². The molecule has 0 heterocycles. The molecule has 1 nitrogen and oxygen atoms in total. The van der Waals surface area contributed by atoms with E-state index >= 15 is 0 Å². The maximum absolute atomic E-state index is 12.8. The lowest BCUT2D eigenvalue weighted by Crippen LogP contribution is -1.79. The number of benzene rings is 1. The predicted molar refractivity (Wildman–Crippen MR) is 54.8 cm³/mol. The molecule has 0 amide bonds. The fourth-order valence-corrected chi connectivity index (χ4v) is 1.31. The Morgan fingerprint density at radius 1 is 1.46 bits per heavy atom. The first-order chi connectivity index (χ1) is 6.24. The van der Waals surface area contributed by atoms with Crippen LogP contribution >= 0.6 is 15.9 Å². The minimum Gasteiger partial charge on any atom is -0.396 e. The van der Waals surface area contributed by atoms with Gasteiger partial charge in [0, 0.05) is 6.61 Å². The number of rotatable bonds is 3. The zero-order valence-electron chi connectivity index (χ0n) is 7.00. The van der Waals surface area contributed by atoms with Gasteiger partial charge >= 0.3 is 0 Å². The van der Waals surface area contributed by atoms with Gasteiger partial charge in [-0.05, 0) is 40.0 Å². The van der Waals surface area contributed by atoms with Crippen molar-refractivity contribution in [2.24, 2.45) is 0 Å². The van der Waals surface area contributed by atoms with Crippen LogP contribution in [0.2, 0.25) is 0 Å². The van der Waals surface area contributed by atoms with Gasteiger partial charge in [0.25, 0.3) is 0 Å². The van der Waals surface area contributed by atoms with Gasteiger partial charge in [0.1, 0.15) is 5.82 Å². The van der Waals surface area contributed by atoms with Crippen molar-refractivity contribution in [2.45, 2.75) is 6.42 Å². The second-order valence-corrected chi connectivity index (χ2v) is 3.44. The van der Waals surface area contributed by atoms with Crippen LogP contribution in [0, 0.1) is 5.82 Å². The van der Waals surface area contributed by atoms with Gasteiger partial charge < -0.3 is 5.11 Å². The highest BCUT2D eigenvalue weighted by Gasteiger charge is 1.96. The Morgan fingerprint density at radius 3 is 2.85 bits per heavy atom. The molecule has 3 heteroatoms. The van der Waals surface area contributed by atoms with E-state index in [4.69, 9.17) is 5.11 Å². The maximum Gasteiger partial charge on any atom is 0.137 e. The quantitative estimate of drug-likeness (QED) is 0.867. The molecule has 0 spiro atoms. The van der Waals surface area contributed by atoms with Crippen LogP contribution in [0.4, 0.5) is 4.39 Å². The Morgan fingerprint density at radius 2 is 2.23 bits per heavy atom. The van der Waals surface area contributed by atoms with Crippen molar-refractivity contribution in [3.63, 3.8) is 0 Å². The van der Waals surface area contributed by atoms with Crippen molar-refractivity contribution in [2.75, 3.05) is 6.61 Å². The Labute approximate surface area is 85.0 Å². The van der Waals surface area contributed by atoms with Gasteiger partial charge in [0.2, 0.25) is 0 Å². The molecule has 0 saturated carbocycles. The smallest absolute Gasteiger partial charge is 0.137 e. The number of hydrogen-bond acceptors (Lipinski definition) is 1. The molecule has 13 heavy (non-hydrogen) atoms. The summed E-state index contributed by atoms with van der Waals surface area (Å²) in [7, 11) is 0. The van der Waals surface area contributed by atoms with Gasteiger partial charge in [-0.25, -0.2) is 4.39 Å². The Kier molecular flexibility index (Phi) is 4.12. The Balaban J connectivity index is 2.73. The van der Waals surface area contributed by atoms with Gasteiger partial charge in [0.05, 0.1) is 4.47 Å². The van der Waals surface area contributed by atoms with Crippen molar-refractivity contribution in [1.29, 1.82) is 0 Å². The monoisotopic (exact) mass is 244 g/mol. The van der Waals surface area contributed by atoms with E-state index in [1.165, 1.54) is 6.07 Å². The number of aliphatic hydroxyl groups excluding tert-OH is 1. The highest BCUT2D eigenvalue weighted by atomic mass is 79.9. The molecule has 0 radical (unpaired) electrons. The first-order valence-corrected chi connectivity index (χ1v) is 4.76. The molecule has 0 aromatic heterocycles. The van der Waals surface area contributed by atoms with Gasteiger partial charge in [-0.3, -0.25) is 0 Å². The Bertz CT molecular complexity index is 310. The van der Waals surface area contributed by atoms with Crippen LogP contribution in [0.5, 0.6) is 0 Å². The van der Waals surface area contributed by atoms with Crippen molar-refractivity contribution in [3.05, 3.63) is 40.1 Å². The third-order valence-electron chi connectivity index (χ3n) is 1.55. The largest absolute Gasteiger partial charge is 0.396 e. The van der Waals surface area contributed by atoms with Gasteiger partial charge in [-0.2, -0.15) is 0 Å². The van der Waals surface area contributed by atoms with Crippen LogP contribution in [0.3, 0.4) is 0 Å². The van der Waals surface area contributed by atoms with E-state index < -0.39 is 0 Å². The van der Waals surface area contributed by atoms with E-state index in [0.717, 1.165) is 5.56 Å². The van der Waals surface area contributed by atoms with Crippen LogP contribution in [-0.4, -0.2) is 11.7 Å². The molecule has 1 aromatic rings. The molecule has 1 aromatic carbocycles. The fourth-order valence-electron chi connectivity index (χ4n) is 0.910. The summed E-state index contributed by atoms with van der Waals surface area (Å²) in [6, 6.07) is 4.79. The zero-order valence-corrected chi connectivity index (χ0v) is 8.59. The highest BCUT2D eigenvalue weighted by molar-refractivity contribution is 9.10.